The molecule has 0 bridgehead atoms. The number of nitro benzene ring substituents is 1. The number of benzene rings is 1. The molecule has 170 valence electrons. The van der Waals surface area contributed by atoms with Gasteiger partial charge in [0.25, 0.3) is 11.6 Å². The summed E-state index contributed by atoms with van der Waals surface area (Å²) in [5, 5.41) is 14.5. The number of nitro groups is 1. The molecular formula is C21H22Cl2N4O5. The lowest BCUT2D eigenvalue weighted by Crippen LogP contribution is -2.39. The summed E-state index contributed by atoms with van der Waals surface area (Å²) in [7, 11) is 0. The van der Waals surface area contributed by atoms with E-state index < -0.39 is 23.4 Å². The van der Waals surface area contributed by atoms with E-state index in [4.69, 9.17) is 27.9 Å². The zero-order valence-electron chi connectivity index (χ0n) is 17.5. The molecule has 2 atom stereocenters. The van der Waals surface area contributed by atoms with Gasteiger partial charge in [0.2, 0.25) is 0 Å². The standard InChI is InChI=1S/C21H22Cl2N4O5/c1-12-5-13(2)10-26(9-12)17-4-3-14(6-18(17)27(30)31)21(29)32-11-19(28)25-20-16(23)7-15(22)8-24-20/h3-4,6-8,12-13H,5,9-11H2,1-2H3,(H,24,25,28). The van der Waals surface area contributed by atoms with Crippen molar-refractivity contribution in [2.24, 2.45) is 11.8 Å². The second-order valence-corrected chi connectivity index (χ2v) is 8.76. The molecular weight excluding hydrogens is 459 g/mol. The van der Waals surface area contributed by atoms with Gasteiger partial charge in [0, 0.05) is 25.4 Å². The Bertz CT molecular complexity index is 1040. The van der Waals surface area contributed by atoms with Gasteiger partial charge in [-0.3, -0.25) is 14.9 Å². The summed E-state index contributed by atoms with van der Waals surface area (Å²) in [4.78, 5) is 41.4. The molecule has 9 nitrogen and oxygen atoms in total. The Morgan fingerprint density at radius 3 is 2.56 bits per heavy atom. The molecule has 1 N–H and O–H groups in total. The van der Waals surface area contributed by atoms with Gasteiger partial charge in [-0.1, -0.05) is 37.0 Å². The SMILES string of the molecule is CC1CC(C)CN(c2ccc(C(=O)OCC(=O)Nc3ncc(Cl)cc3Cl)cc2[N+](=O)[O-])C1. The third kappa shape index (κ3) is 5.86. The minimum Gasteiger partial charge on any atom is -0.452 e. The van der Waals surface area contributed by atoms with E-state index in [0.717, 1.165) is 6.42 Å². The van der Waals surface area contributed by atoms with Crippen molar-refractivity contribution >= 4 is 52.3 Å². The summed E-state index contributed by atoms with van der Waals surface area (Å²) in [6.45, 7) is 5.01. The largest absolute Gasteiger partial charge is 0.452 e. The minimum atomic E-state index is -0.856. The normalized spacial score (nSPS) is 18.2. The highest BCUT2D eigenvalue weighted by molar-refractivity contribution is 6.36. The number of halogens is 2. The van der Waals surface area contributed by atoms with Crippen LogP contribution < -0.4 is 10.2 Å². The monoisotopic (exact) mass is 480 g/mol. The lowest BCUT2D eigenvalue weighted by Gasteiger charge is -2.36. The van der Waals surface area contributed by atoms with Gasteiger partial charge in [-0.2, -0.15) is 0 Å². The fraction of sp³-hybridized carbons (Fsp3) is 0.381. The van der Waals surface area contributed by atoms with Crippen LogP contribution in [0.25, 0.3) is 0 Å². The van der Waals surface area contributed by atoms with Crippen LogP contribution in [-0.2, 0) is 9.53 Å². The molecule has 2 heterocycles. The number of nitrogens with one attached hydrogen (secondary N) is 1. The Labute approximate surface area is 194 Å². The van der Waals surface area contributed by atoms with E-state index in [1.165, 1.54) is 24.4 Å². The summed E-state index contributed by atoms with van der Waals surface area (Å²) >= 11 is 11.7. The number of aromatic nitrogens is 1. The minimum absolute atomic E-state index is 0.0194. The summed E-state index contributed by atoms with van der Waals surface area (Å²) in [5.41, 5.74) is 0.266. The highest BCUT2D eigenvalue weighted by atomic mass is 35.5. The van der Waals surface area contributed by atoms with Gasteiger partial charge >= 0.3 is 5.97 Å². The van der Waals surface area contributed by atoms with Gasteiger partial charge in [-0.05, 0) is 36.5 Å². The second-order valence-electron chi connectivity index (χ2n) is 7.92. The molecule has 1 aliphatic rings. The van der Waals surface area contributed by atoms with E-state index >= 15 is 0 Å². The third-order valence-corrected chi connectivity index (χ3v) is 5.51. The van der Waals surface area contributed by atoms with Crippen LogP contribution in [0.5, 0.6) is 0 Å². The number of hydrogen-bond donors (Lipinski definition) is 1. The van der Waals surface area contributed by atoms with Crippen LogP contribution in [0.15, 0.2) is 30.5 Å². The Kier molecular flexibility index (Phi) is 7.52. The molecule has 0 radical (unpaired) electrons. The first-order chi connectivity index (χ1) is 15.1. The molecule has 1 fully saturated rings. The number of carbonyl (C=O) groups is 2. The van der Waals surface area contributed by atoms with Crippen LogP contribution in [0.4, 0.5) is 17.2 Å². The van der Waals surface area contributed by atoms with Gasteiger partial charge in [-0.25, -0.2) is 9.78 Å². The molecule has 3 rings (SSSR count). The number of hydrogen-bond acceptors (Lipinski definition) is 7. The van der Waals surface area contributed by atoms with E-state index in [1.54, 1.807) is 6.07 Å². The average molecular weight is 481 g/mol. The zero-order valence-corrected chi connectivity index (χ0v) is 19.0. The maximum absolute atomic E-state index is 12.4. The number of carbonyl (C=O) groups excluding carboxylic acids is 2. The van der Waals surface area contributed by atoms with Crippen molar-refractivity contribution in [3.63, 3.8) is 0 Å². The number of ether oxygens (including phenoxy) is 1. The first-order valence-electron chi connectivity index (χ1n) is 9.95. The van der Waals surface area contributed by atoms with Crippen molar-refractivity contribution in [2.45, 2.75) is 20.3 Å². The fourth-order valence-corrected chi connectivity index (χ4v) is 4.24. The summed E-state index contributed by atoms with van der Waals surface area (Å²) < 4.78 is 5.00. The van der Waals surface area contributed by atoms with Crippen LogP contribution in [0.1, 0.15) is 30.6 Å². The van der Waals surface area contributed by atoms with Crippen molar-refractivity contribution in [1.29, 1.82) is 0 Å². The molecule has 0 aliphatic carbocycles. The number of pyridine rings is 1. The van der Waals surface area contributed by atoms with E-state index in [-0.39, 0.29) is 22.1 Å². The van der Waals surface area contributed by atoms with Crippen molar-refractivity contribution in [3.05, 3.63) is 56.2 Å². The third-order valence-electron chi connectivity index (χ3n) is 5.02. The van der Waals surface area contributed by atoms with E-state index in [0.29, 0.717) is 35.6 Å². The van der Waals surface area contributed by atoms with Crippen LogP contribution in [0.3, 0.4) is 0 Å². The topological polar surface area (TPSA) is 115 Å². The molecule has 32 heavy (non-hydrogen) atoms. The molecule has 2 unspecified atom stereocenters. The van der Waals surface area contributed by atoms with Crippen LogP contribution in [0, 0.1) is 22.0 Å². The molecule has 1 aromatic heterocycles. The molecule has 11 heteroatoms. The molecule has 1 saturated heterocycles. The highest BCUT2D eigenvalue weighted by Gasteiger charge is 2.28. The molecule has 0 spiro atoms. The fourth-order valence-electron chi connectivity index (χ4n) is 3.81. The smallest absolute Gasteiger partial charge is 0.338 e. The number of nitrogens with zero attached hydrogens (tertiary/aromatic N) is 3. The van der Waals surface area contributed by atoms with Gasteiger partial charge in [0.05, 0.1) is 20.5 Å². The average Bonchev–Trinajstić information content (AvgIpc) is 2.73. The van der Waals surface area contributed by atoms with Crippen molar-refractivity contribution in [1.82, 2.24) is 4.98 Å². The van der Waals surface area contributed by atoms with Crippen molar-refractivity contribution in [3.8, 4) is 0 Å². The summed E-state index contributed by atoms with van der Waals surface area (Å²) in [6.07, 6.45) is 2.37. The van der Waals surface area contributed by atoms with E-state index in [2.05, 4.69) is 24.1 Å². The maximum atomic E-state index is 12.4. The summed E-state index contributed by atoms with van der Waals surface area (Å²) in [5.74, 6) is -0.639. The van der Waals surface area contributed by atoms with E-state index in [9.17, 15) is 19.7 Å². The lowest BCUT2D eigenvalue weighted by atomic mass is 9.91. The quantitative estimate of drug-likeness (QED) is 0.365. The number of esters is 1. The lowest BCUT2D eigenvalue weighted by molar-refractivity contribution is -0.384. The maximum Gasteiger partial charge on any atom is 0.338 e. The van der Waals surface area contributed by atoms with Gasteiger partial charge < -0.3 is 15.0 Å². The first-order valence-corrected chi connectivity index (χ1v) is 10.7. The van der Waals surface area contributed by atoms with Gasteiger partial charge in [-0.15, -0.1) is 0 Å². The summed E-state index contributed by atoms with van der Waals surface area (Å²) in [6, 6.07) is 5.60. The number of anilines is 2. The van der Waals surface area contributed by atoms with Crippen LogP contribution in [0.2, 0.25) is 10.0 Å². The van der Waals surface area contributed by atoms with E-state index in [1.807, 2.05) is 4.90 Å². The van der Waals surface area contributed by atoms with Crippen LogP contribution >= 0.6 is 23.2 Å². The van der Waals surface area contributed by atoms with Gasteiger partial charge in [0.1, 0.15) is 5.69 Å². The number of rotatable bonds is 6. The number of piperidine rings is 1. The Morgan fingerprint density at radius 1 is 1.25 bits per heavy atom. The van der Waals surface area contributed by atoms with Crippen LogP contribution in [-0.4, -0.2) is 41.5 Å². The molecule has 2 aromatic rings. The molecule has 1 aromatic carbocycles. The Balaban J connectivity index is 1.68. The van der Waals surface area contributed by atoms with Crippen molar-refractivity contribution < 1.29 is 19.2 Å². The van der Waals surface area contributed by atoms with Gasteiger partial charge in [0.15, 0.2) is 12.4 Å². The highest BCUT2D eigenvalue weighted by Crippen LogP contribution is 2.34. The Hall–Kier alpha value is -2.91. The number of amides is 1. The predicted octanol–water partition coefficient (Wildman–Crippen LogP) is 4.57. The zero-order chi connectivity index (χ0) is 23.4. The molecule has 0 saturated carbocycles. The Morgan fingerprint density at radius 2 is 1.94 bits per heavy atom. The predicted molar refractivity (Wildman–Crippen MR) is 121 cm³/mol. The first kappa shape index (κ1) is 23.7. The molecule has 1 aliphatic heterocycles. The van der Waals surface area contributed by atoms with Crippen molar-refractivity contribution in [2.75, 3.05) is 29.9 Å². The second kappa shape index (κ2) is 10.1. The molecule has 1 amide bonds.